The maximum absolute atomic E-state index is 11.1. The lowest BCUT2D eigenvalue weighted by Gasteiger charge is -2.14. The summed E-state index contributed by atoms with van der Waals surface area (Å²) in [7, 11) is 0. The molecule has 0 aromatic rings. The second-order valence-electron chi connectivity index (χ2n) is 2.99. The summed E-state index contributed by atoms with van der Waals surface area (Å²) in [5.74, 6) is -0.468. The first-order valence-electron chi connectivity index (χ1n) is 3.80. The Bertz CT molecular complexity index is 249. The van der Waals surface area contributed by atoms with Crippen molar-refractivity contribution in [2.24, 2.45) is 11.8 Å². The Balaban J connectivity index is 0.000000720. The van der Waals surface area contributed by atoms with Gasteiger partial charge in [0.25, 0.3) is 0 Å². The minimum Gasteiger partial charge on any atom is -0.296 e. The lowest BCUT2D eigenvalue weighted by molar-refractivity contribution is -0.126. The van der Waals surface area contributed by atoms with Crippen molar-refractivity contribution in [1.29, 1.82) is 0 Å². The van der Waals surface area contributed by atoms with E-state index in [1.807, 2.05) is 12.2 Å². The fourth-order valence-electron chi connectivity index (χ4n) is 1.69. The molecule has 1 aliphatic carbocycles. The second kappa shape index (κ2) is 3.58. The molecule has 2 rings (SSSR count). The fraction of sp³-hybridized carbons (Fsp3) is 0.500. The second-order valence-corrected chi connectivity index (χ2v) is 2.99. The normalized spacial score (nSPS) is 32.3. The topological polar surface area (TPSA) is 46.2 Å². The summed E-state index contributed by atoms with van der Waals surface area (Å²) in [4.78, 5) is 22.1. The molecule has 1 N–H and O–H groups in total. The number of imide groups is 1. The van der Waals surface area contributed by atoms with Crippen molar-refractivity contribution in [3.63, 3.8) is 0 Å². The SMILES string of the molecule is O=C1NC(=O)C2CCC=CC12.[Mg]. The predicted molar refractivity (Wildman–Crippen MR) is 44.3 cm³/mol. The number of hydrogen-bond acceptors (Lipinski definition) is 2. The van der Waals surface area contributed by atoms with Crippen molar-refractivity contribution in [3.05, 3.63) is 12.2 Å². The molecule has 1 fully saturated rings. The Labute approximate surface area is 86.7 Å². The zero-order chi connectivity index (χ0) is 7.84. The molecule has 4 heteroatoms. The van der Waals surface area contributed by atoms with Gasteiger partial charge < -0.3 is 0 Å². The van der Waals surface area contributed by atoms with E-state index in [0.29, 0.717) is 0 Å². The Morgan fingerprint density at radius 3 is 2.75 bits per heavy atom. The Kier molecular flexibility index (Phi) is 2.90. The summed E-state index contributed by atoms with van der Waals surface area (Å²) < 4.78 is 0. The molecule has 0 aromatic carbocycles. The van der Waals surface area contributed by atoms with E-state index in [1.165, 1.54) is 0 Å². The van der Waals surface area contributed by atoms with Crippen molar-refractivity contribution < 1.29 is 9.59 Å². The molecule has 60 valence electrons. The maximum Gasteiger partial charge on any atom is 0.234 e. The van der Waals surface area contributed by atoms with Crippen LogP contribution in [0, 0.1) is 11.8 Å². The molecule has 2 amide bonds. The lowest BCUT2D eigenvalue weighted by atomic mass is 9.86. The van der Waals surface area contributed by atoms with Gasteiger partial charge in [-0.05, 0) is 12.8 Å². The maximum atomic E-state index is 11.1. The molecule has 3 nitrogen and oxygen atoms in total. The minimum absolute atomic E-state index is 0. The third kappa shape index (κ3) is 1.41. The summed E-state index contributed by atoms with van der Waals surface area (Å²) in [6, 6.07) is 0. The molecule has 1 saturated heterocycles. The van der Waals surface area contributed by atoms with Gasteiger partial charge in [0.1, 0.15) is 0 Å². The third-order valence-corrected chi connectivity index (χ3v) is 2.31. The van der Waals surface area contributed by atoms with E-state index >= 15 is 0 Å². The van der Waals surface area contributed by atoms with Gasteiger partial charge >= 0.3 is 0 Å². The van der Waals surface area contributed by atoms with Gasteiger partial charge in [0, 0.05) is 23.1 Å². The van der Waals surface area contributed by atoms with Gasteiger partial charge in [-0.25, -0.2) is 0 Å². The van der Waals surface area contributed by atoms with Crippen molar-refractivity contribution in [2.45, 2.75) is 12.8 Å². The first-order valence-corrected chi connectivity index (χ1v) is 3.80. The predicted octanol–water partition coefficient (Wildman–Crippen LogP) is -0.156. The monoisotopic (exact) mass is 175 g/mol. The van der Waals surface area contributed by atoms with E-state index in [9.17, 15) is 9.59 Å². The smallest absolute Gasteiger partial charge is 0.234 e. The molecular formula is C8H9MgNO2. The number of carbonyl (C=O) groups excluding carboxylic acids is 2. The zero-order valence-corrected chi connectivity index (χ0v) is 8.16. The summed E-state index contributed by atoms with van der Waals surface area (Å²) >= 11 is 0. The van der Waals surface area contributed by atoms with Gasteiger partial charge in [-0.1, -0.05) is 12.2 Å². The molecule has 2 aliphatic rings. The van der Waals surface area contributed by atoms with E-state index in [4.69, 9.17) is 0 Å². The first-order chi connectivity index (χ1) is 5.29. The number of hydrogen-bond donors (Lipinski definition) is 1. The Morgan fingerprint density at radius 1 is 1.33 bits per heavy atom. The average molecular weight is 175 g/mol. The minimum atomic E-state index is -0.170. The summed E-state index contributed by atoms with van der Waals surface area (Å²) in [6.07, 6.45) is 5.55. The van der Waals surface area contributed by atoms with E-state index in [2.05, 4.69) is 5.32 Å². The van der Waals surface area contributed by atoms with Crippen LogP contribution in [0.4, 0.5) is 0 Å². The van der Waals surface area contributed by atoms with E-state index in [0.717, 1.165) is 12.8 Å². The van der Waals surface area contributed by atoms with Gasteiger partial charge in [0.15, 0.2) is 0 Å². The van der Waals surface area contributed by atoms with Crippen LogP contribution in [0.25, 0.3) is 0 Å². The number of rotatable bonds is 0. The zero-order valence-electron chi connectivity index (χ0n) is 6.75. The van der Waals surface area contributed by atoms with Crippen LogP contribution < -0.4 is 5.32 Å². The highest BCUT2D eigenvalue weighted by Gasteiger charge is 2.40. The molecule has 0 bridgehead atoms. The van der Waals surface area contributed by atoms with Crippen molar-refractivity contribution in [1.82, 2.24) is 5.32 Å². The number of fused-ring (bicyclic) bond motifs is 1. The highest BCUT2D eigenvalue weighted by molar-refractivity contribution is 6.06. The molecule has 1 aliphatic heterocycles. The van der Waals surface area contributed by atoms with Crippen LogP contribution in [0.3, 0.4) is 0 Å². The highest BCUT2D eigenvalue weighted by atomic mass is 24.3. The summed E-state index contributed by atoms with van der Waals surface area (Å²) in [6.45, 7) is 0. The highest BCUT2D eigenvalue weighted by Crippen LogP contribution is 2.28. The van der Waals surface area contributed by atoms with Gasteiger partial charge in [-0.15, -0.1) is 0 Å². The summed E-state index contributed by atoms with van der Waals surface area (Å²) in [5.41, 5.74) is 0. The first kappa shape index (κ1) is 9.73. The standard InChI is InChI=1S/C8H9NO2.Mg/c10-7-5-3-1-2-4-6(5)8(11)9-7;/h1,3,5-6H,2,4H2,(H,9,10,11);. The van der Waals surface area contributed by atoms with Crippen LogP contribution in [0.15, 0.2) is 12.2 Å². The molecule has 2 radical (unpaired) electrons. The van der Waals surface area contributed by atoms with Crippen LogP contribution in [0.2, 0.25) is 0 Å². The number of carbonyl (C=O) groups is 2. The van der Waals surface area contributed by atoms with Gasteiger partial charge in [-0.3, -0.25) is 14.9 Å². The van der Waals surface area contributed by atoms with Crippen molar-refractivity contribution in [2.75, 3.05) is 0 Å². The largest absolute Gasteiger partial charge is 0.296 e. The van der Waals surface area contributed by atoms with Crippen LogP contribution in [-0.2, 0) is 9.59 Å². The van der Waals surface area contributed by atoms with E-state index in [-0.39, 0.29) is 46.7 Å². The summed E-state index contributed by atoms with van der Waals surface area (Å²) in [5, 5.41) is 2.33. The average Bonchev–Trinajstić information content (AvgIpc) is 2.30. The van der Waals surface area contributed by atoms with Gasteiger partial charge in [-0.2, -0.15) is 0 Å². The van der Waals surface area contributed by atoms with Crippen LogP contribution in [-0.4, -0.2) is 34.9 Å². The lowest BCUT2D eigenvalue weighted by Crippen LogP contribution is -2.21. The van der Waals surface area contributed by atoms with Crippen molar-refractivity contribution in [3.8, 4) is 0 Å². The van der Waals surface area contributed by atoms with Crippen LogP contribution in [0.5, 0.6) is 0 Å². The van der Waals surface area contributed by atoms with E-state index in [1.54, 1.807) is 0 Å². The van der Waals surface area contributed by atoms with E-state index < -0.39 is 0 Å². The van der Waals surface area contributed by atoms with Crippen LogP contribution in [0.1, 0.15) is 12.8 Å². The Morgan fingerprint density at radius 2 is 2.08 bits per heavy atom. The molecule has 2 atom stereocenters. The molecule has 0 saturated carbocycles. The van der Waals surface area contributed by atoms with Gasteiger partial charge in [0.05, 0.1) is 11.8 Å². The third-order valence-electron chi connectivity index (χ3n) is 2.31. The Hall–Kier alpha value is -0.354. The molecule has 2 unspecified atom stereocenters. The fourth-order valence-corrected chi connectivity index (χ4v) is 1.69. The number of nitrogens with one attached hydrogen (secondary N) is 1. The molecule has 12 heavy (non-hydrogen) atoms. The molecular weight excluding hydrogens is 166 g/mol. The van der Waals surface area contributed by atoms with Crippen LogP contribution >= 0.6 is 0 Å². The van der Waals surface area contributed by atoms with Crippen molar-refractivity contribution >= 4 is 34.9 Å². The quantitative estimate of drug-likeness (QED) is 0.316. The number of allylic oxidation sites excluding steroid dienone is 1. The molecule has 1 heterocycles. The molecule has 0 spiro atoms. The van der Waals surface area contributed by atoms with Gasteiger partial charge in [0.2, 0.25) is 11.8 Å². The number of amides is 2. The molecule has 0 aromatic heterocycles.